The van der Waals surface area contributed by atoms with Crippen molar-refractivity contribution in [3.05, 3.63) is 66.5 Å². The number of nitrogens with zero attached hydrogens (tertiary/aromatic N) is 5. The van der Waals surface area contributed by atoms with Crippen LogP contribution in [0.4, 0.5) is 11.8 Å². The second kappa shape index (κ2) is 9.79. The van der Waals surface area contributed by atoms with Crippen LogP contribution in [-0.4, -0.2) is 56.9 Å². The smallest absolute Gasteiger partial charge is 0.229 e. The molecule has 0 amide bonds. The monoisotopic (exact) mass is 457 g/mol. The summed E-state index contributed by atoms with van der Waals surface area (Å²) in [5.41, 5.74) is 5.12. The summed E-state index contributed by atoms with van der Waals surface area (Å²) >= 11 is 0. The van der Waals surface area contributed by atoms with Crippen molar-refractivity contribution in [1.82, 2.24) is 24.8 Å². The van der Waals surface area contributed by atoms with E-state index >= 15 is 0 Å². The fourth-order valence-corrected chi connectivity index (χ4v) is 4.35. The number of benzene rings is 2. The number of aliphatic hydroxyl groups excluding tert-OH is 1. The van der Waals surface area contributed by atoms with Gasteiger partial charge in [-0.1, -0.05) is 54.6 Å². The van der Waals surface area contributed by atoms with Crippen LogP contribution in [0, 0.1) is 0 Å². The van der Waals surface area contributed by atoms with E-state index < -0.39 is 0 Å². The number of aromatic nitrogens is 4. The van der Waals surface area contributed by atoms with Gasteiger partial charge in [-0.15, -0.1) is 0 Å². The maximum atomic E-state index is 9.89. The Morgan fingerprint density at radius 1 is 1.06 bits per heavy atom. The quantitative estimate of drug-likeness (QED) is 0.391. The molecule has 3 heterocycles. The van der Waals surface area contributed by atoms with Gasteiger partial charge in [0.15, 0.2) is 17.0 Å². The molecule has 34 heavy (non-hydrogen) atoms. The number of nitrogens with one attached hydrogen (secondary N) is 2. The fraction of sp³-hybridized carbons (Fsp3) is 0.346. The lowest BCUT2D eigenvalue weighted by atomic mass is 10.0. The van der Waals surface area contributed by atoms with E-state index in [9.17, 15) is 5.11 Å². The Morgan fingerprint density at radius 2 is 1.82 bits per heavy atom. The van der Waals surface area contributed by atoms with Gasteiger partial charge in [-0.2, -0.15) is 9.97 Å². The van der Waals surface area contributed by atoms with Gasteiger partial charge in [-0.3, -0.25) is 0 Å². The molecule has 0 radical (unpaired) electrons. The van der Waals surface area contributed by atoms with Gasteiger partial charge in [-0.25, -0.2) is 4.98 Å². The van der Waals surface area contributed by atoms with Crippen LogP contribution in [-0.2, 0) is 6.54 Å². The molecule has 0 spiro atoms. The van der Waals surface area contributed by atoms with E-state index in [1.807, 2.05) is 12.4 Å². The lowest BCUT2D eigenvalue weighted by Crippen LogP contribution is -2.53. The molecule has 1 saturated heterocycles. The van der Waals surface area contributed by atoms with Crippen molar-refractivity contribution >= 4 is 22.9 Å². The second-order valence-electron chi connectivity index (χ2n) is 8.94. The Morgan fingerprint density at radius 3 is 2.56 bits per heavy atom. The van der Waals surface area contributed by atoms with Crippen molar-refractivity contribution in [3.8, 4) is 11.1 Å². The molecule has 3 N–H and O–H groups in total. The first-order valence-corrected chi connectivity index (χ1v) is 11.8. The third kappa shape index (κ3) is 4.47. The zero-order chi connectivity index (χ0) is 23.5. The van der Waals surface area contributed by atoms with Crippen molar-refractivity contribution in [3.63, 3.8) is 0 Å². The van der Waals surface area contributed by atoms with E-state index in [-0.39, 0.29) is 18.7 Å². The van der Waals surface area contributed by atoms with Gasteiger partial charge in [0.2, 0.25) is 5.95 Å². The highest BCUT2D eigenvalue weighted by molar-refractivity contribution is 5.84. The largest absolute Gasteiger partial charge is 0.394 e. The van der Waals surface area contributed by atoms with E-state index in [1.54, 1.807) is 0 Å². The standard InChI is InChI=1S/C26H31N7O/c1-18(2)33-17-29-23-24(30-26(31-25(23)33)32-13-12-27-15-22(32)16-34)28-14-19-8-10-21(11-9-19)20-6-4-3-5-7-20/h3-11,17-18,22,27,34H,12-16H2,1-2H3,(H,28,30,31)/t22-/m1/s1. The maximum absolute atomic E-state index is 9.89. The minimum atomic E-state index is -0.0556. The molecule has 1 aliphatic rings. The molecule has 0 saturated carbocycles. The van der Waals surface area contributed by atoms with Crippen LogP contribution in [0.2, 0.25) is 0 Å². The van der Waals surface area contributed by atoms with Crippen LogP contribution in [0.1, 0.15) is 25.5 Å². The molecular weight excluding hydrogens is 426 g/mol. The Bertz CT molecular complexity index is 1240. The highest BCUT2D eigenvalue weighted by Crippen LogP contribution is 2.27. The average molecular weight is 458 g/mol. The van der Waals surface area contributed by atoms with Gasteiger partial charge in [0.25, 0.3) is 0 Å². The predicted molar refractivity (Wildman–Crippen MR) is 136 cm³/mol. The lowest BCUT2D eigenvalue weighted by molar-refractivity contribution is 0.245. The molecule has 0 bridgehead atoms. The second-order valence-corrected chi connectivity index (χ2v) is 8.94. The van der Waals surface area contributed by atoms with E-state index in [2.05, 4.69) is 87.5 Å². The summed E-state index contributed by atoms with van der Waals surface area (Å²) in [5.74, 6) is 1.33. The Kier molecular flexibility index (Phi) is 6.42. The van der Waals surface area contributed by atoms with Crippen molar-refractivity contribution < 1.29 is 5.11 Å². The number of aliphatic hydroxyl groups is 1. The Balaban J connectivity index is 1.44. The van der Waals surface area contributed by atoms with E-state index in [4.69, 9.17) is 9.97 Å². The van der Waals surface area contributed by atoms with Crippen LogP contribution in [0.15, 0.2) is 60.9 Å². The first-order chi connectivity index (χ1) is 16.6. The molecule has 2 aromatic carbocycles. The highest BCUT2D eigenvalue weighted by atomic mass is 16.3. The van der Waals surface area contributed by atoms with Crippen LogP contribution in [0.25, 0.3) is 22.3 Å². The summed E-state index contributed by atoms with van der Waals surface area (Å²) in [7, 11) is 0. The SMILES string of the molecule is CC(C)n1cnc2c(NCc3ccc(-c4ccccc4)cc3)nc(N3CCNC[C@@H]3CO)nc21. The number of piperazine rings is 1. The highest BCUT2D eigenvalue weighted by Gasteiger charge is 2.26. The maximum Gasteiger partial charge on any atom is 0.229 e. The van der Waals surface area contributed by atoms with Gasteiger partial charge < -0.3 is 25.2 Å². The van der Waals surface area contributed by atoms with Gasteiger partial charge in [0, 0.05) is 32.2 Å². The third-order valence-corrected chi connectivity index (χ3v) is 6.30. The minimum Gasteiger partial charge on any atom is -0.394 e. The lowest BCUT2D eigenvalue weighted by Gasteiger charge is -2.35. The molecule has 8 heteroatoms. The fourth-order valence-electron chi connectivity index (χ4n) is 4.35. The number of rotatable bonds is 7. The molecule has 4 aromatic rings. The summed E-state index contributed by atoms with van der Waals surface area (Å²) < 4.78 is 2.07. The summed E-state index contributed by atoms with van der Waals surface area (Å²) in [6.07, 6.45) is 1.83. The zero-order valence-corrected chi connectivity index (χ0v) is 19.6. The number of anilines is 2. The zero-order valence-electron chi connectivity index (χ0n) is 19.6. The number of fused-ring (bicyclic) bond motifs is 1. The third-order valence-electron chi connectivity index (χ3n) is 6.30. The Labute approximate surface area is 199 Å². The molecule has 176 valence electrons. The van der Waals surface area contributed by atoms with E-state index in [0.717, 1.165) is 29.8 Å². The van der Waals surface area contributed by atoms with E-state index in [1.165, 1.54) is 11.1 Å². The van der Waals surface area contributed by atoms with Crippen molar-refractivity contribution in [1.29, 1.82) is 0 Å². The average Bonchev–Trinajstić information content (AvgIpc) is 3.32. The summed E-state index contributed by atoms with van der Waals surface area (Å²) in [4.78, 5) is 16.5. The molecule has 1 fully saturated rings. The molecule has 1 aliphatic heterocycles. The van der Waals surface area contributed by atoms with Gasteiger partial charge in [0.05, 0.1) is 19.0 Å². The number of hydrogen-bond donors (Lipinski definition) is 3. The number of imidazole rings is 1. The molecular formula is C26H31N7O. The number of hydrogen-bond acceptors (Lipinski definition) is 7. The van der Waals surface area contributed by atoms with Gasteiger partial charge >= 0.3 is 0 Å². The van der Waals surface area contributed by atoms with Gasteiger partial charge in [0.1, 0.15) is 0 Å². The van der Waals surface area contributed by atoms with Crippen LogP contribution in [0.3, 0.4) is 0 Å². The predicted octanol–water partition coefficient (Wildman–Crippen LogP) is 3.46. The first-order valence-electron chi connectivity index (χ1n) is 11.8. The molecule has 0 aliphatic carbocycles. The first kappa shape index (κ1) is 22.3. The summed E-state index contributed by atoms with van der Waals surface area (Å²) in [5, 5.41) is 16.7. The van der Waals surface area contributed by atoms with Crippen LogP contribution >= 0.6 is 0 Å². The molecule has 0 unspecified atom stereocenters. The van der Waals surface area contributed by atoms with Gasteiger partial charge in [-0.05, 0) is 30.5 Å². The topological polar surface area (TPSA) is 91.1 Å². The van der Waals surface area contributed by atoms with Crippen LogP contribution < -0.4 is 15.5 Å². The van der Waals surface area contributed by atoms with E-state index in [0.29, 0.717) is 24.9 Å². The van der Waals surface area contributed by atoms with Crippen molar-refractivity contribution in [2.75, 3.05) is 36.5 Å². The molecule has 1 atom stereocenters. The van der Waals surface area contributed by atoms with Crippen molar-refractivity contribution in [2.45, 2.75) is 32.5 Å². The summed E-state index contributed by atoms with van der Waals surface area (Å²) in [6, 6.07) is 19.1. The molecule has 2 aromatic heterocycles. The normalized spacial score (nSPS) is 16.4. The van der Waals surface area contributed by atoms with Crippen LogP contribution in [0.5, 0.6) is 0 Å². The Hall–Kier alpha value is -3.49. The molecule has 5 rings (SSSR count). The summed E-state index contributed by atoms with van der Waals surface area (Å²) in [6.45, 7) is 7.19. The van der Waals surface area contributed by atoms with Crippen molar-refractivity contribution in [2.24, 2.45) is 0 Å². The minimum absolute atomic E-state index is 0.0500. The molecule has 8 nitrogen and oxygen atoms in total.